The van der Waals surface area contributed by atoms with Crippen molar-refractivity contribution >= 4 is 5.91 Å². The SMILES string of the molecule is CCCc1ccc(OCc2cccc(C(=O)NN)n2)cc1. The van der Waals surface area contributed by atoms with Crippen LogP contribution in [0, 0.1) is 0 Å². The molecule has 5 heteroatoms. The standard InChI is InChI=1S/C16H19N3O2/c1-2-4-12-7-9-14(10-8-12)21-11-13-5-3-6-15(18-13)16(20)19-17/h3,5-10H,2,4,11,17H2,1H3,(H,19,20). The molecule has 2 rings (SSSR count). The van der Waals surface area contributed by atoms with Crippen LogP contribution in [0.2, 0.25) is 0 Å². The third kappa shape index (κ3) is 4.29. The number of hydrazine groups is 1. The van der Waals surface area contributed by atoms with E-state index in [9.17, 15) is 4.79 Å². The number of amides is 1. The first-order valence-electron chi connectivity index (χ1n) is 6.91. The van der Waals surface area contributed by atoms with Gasteiger partial charge in [0.05, 0.1) is 5.69 Å². The van der Waals surface area contributed by atoms with Crippen molar-refractivity contribution in [2.75, 3.05) is 0 Å². The van der Waals surface area contributed by atoms with Crippen LogP contribution in [0.3, 0.4) is 0 Å². The lowest BCUT2D eigenvalue weighted by molar-refractivity contribution is 0.0948. The molecule has 1 amide bonds. The molecule has 1 heterocycles. The van der Waals surface area contributed by atoms with E-state index in [1.165, 1.54) is 5.56 Å². The van der Waals surface area contributed by atoms with Crippen molar-refractivity contribution in [2.45, 2.75) is 26.4 Å². The normalized spacial score (nSPS) is 10.2. The Balaban J connectivity index is 1.97. The van der Waals surface area contributed by atoms with Crippen molar-refractivity contribution in [3.8, 4) is 5.75 Å². The maximum absolute atomic E-state index is 11.4. The minimum absolute atomic E-state index is 0.275. The summed E-state index contributed by atoms with van der Waals surface area (Å²) in [5.74, 6) is 5.45. The Morgan fingerprint density at radius 2 is 2.00 bits per heavy atom. The molecule has 2 aromatic rings. The predicted molar refractivity (Wildman–Crippen MR) is 80.7 cm³/mol. The number of nitrogens with one attached hydrogen (secondary N) is 1. The topological polar surface area (TPSA) is 77.2 Å². The number of aryl methyl sites for hydroxylation is 1. The molecule has 0 atom stereocenters. The van der Waals surface area contributed by atoms with Crippen LogP contribution in [-0.4, -0.2) is 10.9 Å². The summed E-state index contributed by atoms with van der Waals surface area (Å²) in [6, 6.07) is 13.2. The molecule has 0 aliphatic rings. The molecule has 0 radical (unpaired) electrons. The number of pyridine rings is 1. The van der Waals surface area contributed by atoms with E-state index in [4.69, 9.17) is 10.6 Å². The number of rotatable bonds is 6. The number of benzene rings is 1. The predicted octanol–water partition coefficient (Wildman–Crippen LogP) is 2.22. The van der Waals surface area contributed by atoms with Gasteiger partial charge in [0.15, 0.2) is 0 Å². The largest absolute Gasteiger partial charge is 0.487 e. The van der Waals surface area contributed by atoms with Crippen molar-refractivity contribution < 1.29 is 9.53 Å². The molecule has 1 aromatic carbocycles. The van der Waals surface area contributed by atoms with E-state index in [-0.39, 0.29) is 5.69 Å². The number of carbonyl (C=O) groups is 1. The van der Waals surface area contributed by atoms with Crippen LogP contribution in [0.25, 0.3) is 0 Å². The van der Waals surface area contributed by atoms with Gasteiger partial charge in [-0.3, -0.25) is 10.2 Å². The van der Waals surface area contributed by atoms with Crippen molar-refractivity contribution in [2.24, 2.45) is 5.84 Å². The summed E-state index contributed by atoms with van der Waals surface area (Å²) >= 11 is 0. The van der Waals surface area contributed by atoms with Crippen molar-refractivity contribution in [3.63, 3.8) is 0 Å². The molecule has 1 aromatic heterocycles. The van der Waals surface area contributed by atoms with Crippen LogP contribution in [0.15, 0.2) is 42.5 Å². The smallest absolute Gasteiger partial charge is 0.283 e. The van der Waals surface area contributed by atoms with Crippen LogP contribution in [-0.2, 0) is 13.0 Å². The highest BCUT2D eigenvalue weighted by Crippen LogP contribution is 2.14. The number of nitrogen functional groups attached to an aromatic ring is 1. The fourth-order valence-corrected chi connectivity index (χ4v) is 1.96. The van der Waals surface area contributed by atoms with Crippen LogP contribution in [0.1, 0.15) is 35.1 Å². The summed E-state index contributed by atoms with van der Waals surface area (Å²) in [6.45, 7) is 2.46. The molecule has 0 aliphatic heterocycles. The average molecular weight is 285 g/mol. The molecule has 0 saturated heterocycles. The zero-order valence-corrected chi connectivity index (χ0v) is 12.0. The quantitative estimate of drug-likeness (QED) is 0.484. The fraction of sp³-hybridized carbons (Fsp3) is 0.250. The molecule has 0 fully saturated rings. The van der Waals surface area contributed by atoms with E-state index in [2.05, 4.69) is 29.5 Å². The zero-order valence-electron chi connectivity index (χ0n) is 12.0. The number of aromatic nitrogens is 1. The van der Waals surface area contributed by atoms with E-state index in [0.717, 1.165) is 18.6 Å². The lowest BCUT2D eigenvalue weighted by Crippen LogP contribution is -2.30. The molecule has 0 unspecified atom stereocenters. The van der Waals surface area contributed by atoms with Gasteiger partial charge in [-0.25, -0.2) is 10.8 Å². The Morgan fingerprint density at radius 3 is 2.67 bits per heavy atom. The summed E-state index contributed by atoms with van der Waals surface area (Å²) in [7, 11) is 0. The van der Waals surface area contributed by atoms with E-state index in [1.54, 1.807) is 18.2 Å². The number of hydrogen-bond acceptors (Lipinski definition) is 4. The van der Waals surface area contributed by atoms with Gasteiger partial charge in [-0.2, -0.15) is 0 Å². The van der Waals surface area contributed by atoms with E-state index in [1.807, 2.05) is 12.1 Å². The summed E-state index contributed by atoms with van der Waals surface area (Å²) in [6.07, 6.45) is 2.19. The fourth-order valence-electron chi connectivity index (χ4n) is 1.96. The van der Waals surface area contributed by atoms with Gasteiger partial charge in [-0.1, -0.05) is 31.5 Å². The highest BCUT2D eigenvalue weighted by Gasteiger charge is 2.06. The molecule has 0 bridgehead atoms. The number of hydrogen-bond donors (Lipinski definition) is 2. The molecule has 110 valence electrons. The van der Waals surface area contributed by atoms with Gasteiger partial charge < -0.3 is 4.74 Å². The van der Waals surface area contributed by atoms with Gasteiger partial charge in [0.1, 0.15) is 18.1 Å². The average Bonchev–Trinajstić information content (AvgIpc) is 2.54. The zero-order chi connectivity index (χ0) is 15.1. The molecule has 5 nitrogen and oxygen atoms in total. The van der Waals surface area contributed by atoms with Gasteiger partial charge in [-0.05, 0) is 36.2 Å². The summed E-state index contributed by atoms with van der Waals surface area (Å²) in [5.41, 5.74) is 4.30. The van der Waals surface area contributed by atoms with Gasteiger partial charge >= 0.3 is 0 Å². The van der Waals surface area contributed by atoms with Crippen molar-refractivity contribution in [3.05, 3.63) is 59.4 Å². The molecular formula is C16H19N3O2. The third-order valence-electron chi connectivity index (χ3n) is 3.02. The van der Waals surface area contributed by atoms with Crippen molar-refractivity contribution in [1.29, 1.82) is 0 Å². The van der Waals surface area contributed by atoms with Crippen LogP contribution < -0.4 is 16.0 Å². The van der Waals surface area contributed by atoms with Gasteiger partial charge in [0, 0.05) is 0 Å². The Hall–Kier alpha value is -2.40. The Kier molecular flexibility index (Phi) is 5.29. The Morgan fingerprint density at radius 1 is 1.24 bits per heavy atom. The highest BCUT2D eigenvalue weighted by atomic mass is 16.5. The van der Waals surface area contributed by atoms with Crippen molar-refractivity contribution in [1.82, 2.24) is 10.4 Å². The van der Waals surface area contributed by atoms with Crippen LogP contribution in [0.5, 0.6) is 5.75 Å². The second kappa shape index (κ2) is 7.40. The van der Waals surface area contributed by atoms with Crippen LogP contribution in [0.4, 0.5) is 0 Å². The first-order chi connectivity index (χ1) is 10.2. The Labute approximate surface area is 124 Å². The van der Waals surface area contributed by atoms with Crippen LogP contribution >= 0.6 is 0 Å². The molecule has 0 spiro atoms. The number of ether oxygens (including phenoxy) is 1. The lowest BCUT2D eigenvalue weighted by Gasteiger charge is -2.07. The minimum Gasteiger partial charge on any atom is -0.487 e. The maximum atomic E-state index is 11.4. The second-order valence-electron chi connectivity index (χ2n) is 4.67. The molecule has 21 heavy (non-hydrogen) atoms. The minimum atomic E-state index is -0.416. The second-order valence-corrected chi connectivity index (χ2v) is 4.67. The number of nitrogens with zero attached hydrogens (tertiary/aromatic N) is 1. The molecule has 0 saturated carbocycles. The first-order valence-corrected chi connectivity index (χ1v) is 6.91. The number of nitrogens with two attached hydrogens (primary N) is 1. The third-order valence-corrected chi connectivity index (χ3v) is 3.02. The maximum Gasteiger partial charge on any atom is 0.283 e. The van der Waals surface area contributed by atoms with Gasteiger partial charge in [0.25, 0.3) is 5.91 Å². The summed E-state index contributed by atoms with van der Waals surface area (Å²) in [5, 5.41) is 0. The summed E-state index contributed by atoms with van der Waals surface area (Å²) in [4.78, 5) is 15.6. The molecular weight excluding hydrogens is 266 g/mol. The van der Waals surface area contributed by atoms with E-state index in [0.29, 0.717) is 12.3 Å². The summed E-state index contributed by atoms with van der Waals surface area (Å²) < 4.78 is 5.67. The monoisotopic (exact) mass is 285 g/mol. The molecule has 0 aliphatic carbocycles. The lowest BCUT2D eigenvalue weighted by atomic mass is 10.1. The number of carbonyl (C=O) groups excluding carboxylic acids is 1. The first kappa shape index (κ1) is 15.0. The van der Waals surface area contributed by atoms with Gasteiger partial charge in [0.2, 0.25) is 0 Å². The van der Waals surface area contributed by atoms with E-state index >= 15 is 0 Å². The molecule has 3 N–H and O–H groups in total. The highest BCUT2D eigenvalue weighted by molar-refractivity contribution is 5.91. The Bertz CT molecular complexity index is 597. The van der Waals surface area contributed by atoms with E-state index < -0.39 is 5.91 Å². The van der Waals surface area contributed by atoms with Gasteiger partial charge in [-0.15, -0.1) is 0 Å².